The fourth-order valence-electron chi connectivity index (χ4n) is 3.70. The van der Waals surface area contributed by atoms with Crippen molar-refractivity contribution in [3.05, 3.63) is 0 Å². The van der Waals surface area contributed by atoms with Gasteiger partial charge in [0.15, 0.2) is 6.29 Å². The third-order valence-corrected chi connectivity index (χ3v) is 5.32. The van der Waals surface area contributed by atoms with Gasteiger partial charge in [0.1, 0.15) is 18.3 Å². The van der Waals surface area contributed by atoms with Gasteiger partial charge in [-0.1, -0.05) is 6.42 Å². The molecule has 28 heavy (non-hydrogen) atoms. The summed E-state index contributed by atoms with van der Waals surface area (Å²) in [5.74, 6) is 0.0139. The zero-order chi connectivity index (χ0) is 20.7. The summed E-state index contributed by atoms with van der Waals surface area (Å²) in [5, 5.41) is 38.6. The Kier molecular flexibility index (Phi) is 9.51. The molecule has 2 aliphatic rings. The maximum absolute atomic E-state index is 12.4. The van der Waals surface area contributed by atoms with Gasteiger partial charge in [0.2, 0.25) is 5.91 Å². The molecular weight excluding hydrogens is 372 g/mol. The van der Waals surface area contributed by atoms with E-state index >= 15 is 0 Å². The van der Waals surface area contributed by atoms with Crippen molar-refractivity contribution in [3.63, 3.8) is 0 Å². The number of methoxy groups -OCH3 is 1. The first kappa shape index (κ1) is 23.4. The Bertz CT molecular complexity index is 481. The molecule has 0 aliphatic carbocycles. The summed E-state index contributed by atoms with van der Waals surface area (Å²) in [6.07, 6.45) is -1.76. The molecule has 2 saturated heterocycles. The number of rotatable bonds is 10. The van der Waals surface area contributed by atoms with Gasteiger partial charge in [0, 0.05) is 26.7 Å². The average molecular weight is 406 g/mol. The van der Waals surface area contributed by atoms with Crippen molar-refractivity contribution in [1.82, 2.24) is 4.90 Å². The SMILES string of the molecule is COC[C@@H]1C[C@@H](O)CN1C(=O)CCCCCO[C@@H]1OC(CO)[C@H](O)C(O)[C@@H]1N. The predicted molar refractivity (Wildman–Crippen MR) is 98.2 cm³/mol. The molecule has 2 rings (SSSR count). The molecular formula is C18H34N2O8. The van der Waals surface area contributed by atoms with Gasteiger partial charge in [-0.05, 0) is 19.3 Å². The maximum atomic E-state index is 12.4. The molecule has 1 amide bonds. The van der Waals surface area contributed by atoms with E-state index in [1.165, 1.54) is 0 Å². The first-order valence-electron chi connectivity index (χ1n) is 9.85. The van der Waals surface area contributed by atoms with Crippen LogP contribution in [0.2, 0.25) is 0 Å². The number of aliphatic hydroxyl groups is 4. The highest BCUT2D eigenvalue weighted by Crippen LogP contribution is 2.22. The number of nitrogens with zero attached hydrogens (tertiary/aromatic N) is 1. The van der Waals surface area contributed by atoms with E-state index in [-0.39, 0.29) is 11.9 Å². The molecule has 7 atom stereocenters. The van der Waals surface area contributed by atoms with Crippen LogP contribution in [0.3, 0.4) is 0 Å². The number of carbonyl (C=O) groups excluding carboxylic acids is 1. The number of β-amino-alcohol motifs (C(OH)–C–C–N with tert-alkyl or cyclic N) is 1. The number of carbonyl (C=O) groups is 1. The zero-order valence-electron chi connectivity index (χ0n) is 16.4. The minimum Gasteiger partial charge on any atom is -0.394 e. The van der Waals surface area contributed by atoms with Crippen LogP contribution in [0.1, 0.15) is 32.1 Å². The number of aliphatic hydroxyl groups excluding tert-OH is 4. The number of hydrogen-bond acceptors (Lipinski definition) is 9. The quantitative estimate of drug-likeness (QED) is 0.258. The van der Waals surface area contributed by atoms with E-state index in [0.29, 0.717) is 45.4 Å². The summed E-state index contributed by atoms with van der Waals surface area (Å²) in [6.45, 7) is 0.658. The van der Waals surface area contributed by atoms with E-state index in [2.05, 4.69) is 0 Å². The van der Waals surface area contributed by atoms with E-state index in [1.54, 1.807) is 12.0 Å². The highest BCUT2D eigenvalue weighted by Gasteiger charge is 2.42. The summed E-state index contributed by atoms with van der Waals surface area (Å²) < 4.78 is 16.0. The number of likely N-dealkylation sites (tertiary alicyclic amines) is 1. The van der Waals surface area contributed by atoms with Crippen molar-refractivity contribution >= 4 is 5.91 Å². The second-order valence-corrected chi connectivity index (χ2v) is 7.51. The molecule has 0 saturated carbocycles. The minimum absolute atomic E-state index is 0.0139. The van der Waals surface area contributed by atoms with Crippen LogP contribution in [-0.4, -0.2) is 107 Å². The van der Waals surface area contributed by atoms with Gasteiger partial charge in [0.05, 0.1) is 31.4 Å². The second kappa shape index (κ2) is 11.4. The molecule has 0 aromatic heterocycles. The van der Waals surface area contributed by atoms with Gasteiger partial charge in [-0.2, -0.15) is 0 Å². The van der Waals surface area contributed by atoms with Crippen molar-refractivity contribution in [2.45, 2.75) is 74.9 Å². The fourth-order valence-corrected chi connectivity index (χ4v) is 3.70. The molecule has 10 heteroatoms. The van der Waals surface area contributed by atoms with Crippen LogP contribution in [0.4, 0.5) is 0 Å². The first-order valence-corrected chi connectivity index (χ1v) is 9.85. The Morgan fingerprint density at radius 3 is 2.64 bits per heavy atom. The molecule has 0 aromatic rings. The van der Waals surface area contributed by atoms with Crippen LogP contribution in [0.5, 0.6) is 0 Å². The van der Waals surface area contributed by atoms with Crippen molar-refractivity contribution in [2.75, 3.05) is 33.5 Å². The van der Waals surface area contributed by atoms with Crippen LogP contribution in [-0.2, 0) is 19.0 Å². The normalized spacial score (nSPS) is 36.1. The van der Waals surface area contributed by atoms with Crippen LogP contribution >= 0.6 is 0 Å². The van der Waals surface area contributed by atoms with E-state index < -0.39 is 43.4 Å². The lowest BCUT2D eigenvalue weighted by Crippen LogP contribution is -2.62. The summed E-state index contributed by atoms with van der Waals surface area (Å²) in [4.78, 5) is 14.0. The molecule has 2 fully saturated rings. The lowest BCUT2D eigenvalue weighted by atomic mass is 9.98. The molecule has 0 bridgehead atoms. The first-order chi connectivity index (χ1) is 13.4. The van der Waals surface area contributed by atoms with Crippen molar-refractivity contribution in [1.29, 1.82) is 0 Å². The second-order valence-electron chi connectivity index (χ2n) is 7.51. The number of ether oxygens (including phenoxy) is 3. The largest absolute Gasteiger partial charge is 0.394 e. The summed E-state index contributed by atoms with van der Waals surface area (Å²) >= 11 is 0. The number of hydrogen-bond donors (Lipinski definition) is 5. The third kappa shape index (κ3) is 6.07. The van der Waals surface area contributed by atoms with Gasteiger partial charge in [-0.25, -0.2) is 0 Å². The standard InChI is InChI=1S/C18H34N2O8/c1-26-10-11-7-12(22)8-20(11)14(23)5-3-2-4-6-27-18-15(19)17(25)16(24)13(9-21)28-18/h11-13,15-18,21-22,24-25H,2-10,19H2,1H3/t11-,12+,13?,15-,16-,17?,18+/m0/s1. The van der Waals surface area contributed by atoms with Crippen molar-refractivity contribution in [3.8, 4) is 0 Å². The molecule has 0 aromatic carbocycles. The zero-order valence-corrected chi connectivity index (χ0v) is 16.4. The van der Waals surface area contributed by atoms with E-state index in [9.17, 15) is 25.2 Å². The molecule has 0 radical (unpaired) electrons. The van der Waals surface area contributed by atoms with Gasteiger partial charge in [-0.3, -0.25) is 4.79 Å². The highest BCUT2D eigenvalue weighted by molar-refractivity contribution is 5.76. The predicted octanol–water partition coefficient (Wildman–Crippen LogP) is -2.06. The maximum Gasteiger partial charge on any atom is 0.222 e. The fraction of sp³-hybridized carbons (Fsp3) is 0.944. The average Bonchev–Trinajstić information content (AvgIpc) is 3.04. The molecule has 10 nitrogen and oxygen atoms in total. The molecule has 2 heterocycles. The highest BCUT2D eigenvalue weighted by atomic mass is 16.7. The molecule has 2 aliphatic heterocycles. The lowest BCUT2D eigenvalue weighted by molar-refractivity contribution is -0.265. The van der Waals surface area contributed by atoms with Crippen LogP contribution < -0.4 is 5.73 Å². The van der Waals surface area contributed by atoms with Crippen molar-refractivity contribution < 1.29 is 39.4 Å². The number of nitrogens with two attached hydrogens (primary N) is 1. The number of amides is 1. The van der Waals surface area contributed by atoms with Crippen LogP contribution in [0.15, 0.2) is 0 Å². The smallest absolute Gasteiger partial charge is 0.222 e. The van der Waals surface area contributed by atoms with Crippen LogP contribution in [0, 0.1) is 0 Å². The van der Waals surface area contributed by atoms with E-state index in [0.717, 1.165) is 6.42 Å². The molecule has 0 spiro atoms. The Morgan fingerprint density at radius 1 is 1.21 bits per heavy atom. The Balaban J connectivity index is 1.63. The van der Waals surface area contributed by atoms with E-state index in [4.69, 9.17) is 19.9 Å². The summed E-state index contributed by atoms with van der Waals surface area (Å²) in [6, 6.07) is -0.972. The lowest BCUT2D eigenvalue weighted by Gasteiger charge is -2.40. The molecule has 164 valence electrons. The van der Waals surface area contributed by atoms with Crippen molar-refractivity contribution in [2.24, 2.45) is 5.73 Å². The molecule has 2 unspecified atom stereocenters. The molecule has 6 N–H and O–H groups in total. The minimum atomic E-state index is -1.25. The van der Waals surface area contributed by atoms with E-state index in [1.807, 2.05) is 0 Å². The van der Waals surface area contributed by atoms with Gasteiger partial charge >= 0.3 is 0 Å². The van der Waals surface area contributed by atoms with Crippen LogP contribution in [0.25, 0.3) is 0 Å². The van der Waals surface area contributed by atoms with Gasteiger partial charge in [0.25, 0.3) is 0 Å². The monoisotopic (exact) mass is 406 g/mol. The number of unbranched alkanes of at least 4 members (excludes halogenated alkanes) is 2. The Morgan fingerprint density at radius 2 is 1.96 bits per heavy atom. The Hall–Kier alpha value is -0.850. The third-order valence-electron chi connectivity index (χ3n) is 5.32. The van der Waals surface area contributed by atoms with Gasteiger partial charge < -0.3 is 45.3 Å². The Labute approximate surface area is 165 Å². The van der Waals surface area contributed by atoms with Gasteiger partial charge in [-0.15, -0.1) is 0 Å². The topological polar surface area (TPSA) is 155 Å². The summed E-state index contributed by atoms with van der Waals surface area (Å²) in [7, 11) is 1.58. The summed E-state index contributed by atoms with van der Waals surface area (Å²) in [5.41, 5.74) is 5.81.